The molecule has 0 spiro atoms. The van der Waals surface area contributed by atoms with Gasteiger partial charge >= 0.3 is 5.97 Å². The average Bonchev–Trinajstić information content (AvgIpc) is 2.44. The van der Waals surface area contributed by atoms with Crippen molar-refractivity contribution >= 4 is 21.9 Å². The second kappa shape index (κ2) is 7.31. The summed E-state index contributed by atoms with van der Waals surface area (Å²) in [6.45, 7) is 5.82. The molecule has 0 aromatic heterocycles. The molecule has 1 aromatic carbocycles. The lowest BCUT2D eigenvalue weighted by atomic mass is 10.0. The Balaban J connectivity index is 3.19. The molecule has 5 nitrogen and oxygen atoms in total. The second-order valence-corrected chi connectivity index (χ2v) is 4.74. The molecule has 1 aromatic rings. The Morgan fingerprint density at radius 3 is 2.60 bits per heavy atom. The molecule has 0 radical (unpaired) electrons. The van der Waals surface area contributed by atoms with Gasteiger partial charge in [0.1, 0.15) is 6.10 Å². The van der Waals surface area contributed by atoms with E-state index in [-0.39, 0.29) is 5.57 Å². The van der Waals surface area contributed by atoms with Crippen LogP contribution in [0.3, 0.4) is 0 Å². The number of methoxy groups -OCH3 is 2. The maximum atomic E-state index is 11.4. The zero-order chi connectivity index (χ0) is 15.3. The quantitative estimate of drug-likeness (QED) is 0.634. The zero-order valence-corrected chi connectivity index (χ0v) is 13.2. The molecular weight excluding hydrogens is 328 g/mol. The van der Waals surface area contributed by atoms with Crippen molar-refractivity contribution in [1.29, 1.82) is 0 Å². The van der Waals surface area contributed by atoms with Gasteiger partial charge in [0, 0.05) is 0 Å². The summed E-state index contributed by atoms with van der Waals surface area (Å²) in [7, 11) is 2.75. The number of hydrogen-bond acceptors (Lipinski definition) is 5. The molecule has 1 atom stereocenters. The molecule has 0 bridgehead atoms. The lowest BCUT2D eigenvalue weighted by Crippen LogP contribution is -2.12. The van der Waals surface area contributed by atoms with E-state index in [9.17, 15) is 9.90 Å². The molecule has 20 heavy (non-hydrogen) atoms. The predicted octanol–water partition coefficient (Wildman–Crippen LogP) is 2.62. The largest absolute Gasteiger partial charge is 0.492 e. The third kappa shape index (κ3) is 3.52. The number of carbonyl (C=O) groups excluding carboxylic acids is 1. The first kappa shape index (κ1) is 16.5. The van der Waals surface area contributed by atoms with E-state index in [1.807, 2.05) is 6.92 Å². The van der Waals surface area contributed by atoms with Crippen LogP contribution < -0.4 is 9.47 Å². The maximum absolute atomic E-state index is 11.4. The third-order valence-electron chi connectivity index (χ3n) is 2.63. The number of hydrogen-bond donors (Lipinski definition) is 1. The summed E-state index contributed by atoms with van der Waals surface area (Å²) in [5.41, 5.74) is 0.406. The standard InChI is InChI=1S/C14H17BrO5/c1-5-20-11-7-9(6-10(15)13(11)18-3)12(16)8(2)14(17)19-4/h6-7,12,16H,2,5H2,1,3-4H3. The van der Waals surface area contributed by atoms with Gasteiger partial charge in [-0.3, -0.25) is 0 Å². The molecule has 1 N–H and O–H groups in total. The summed E-state index contributed by atoms with van der Waals surface area (Å²) in [4.78, 5) is 11.4. The molecule has 0 saturated heterocycles. The van der Waals surface area contributed by atoms with Crippen molar-refractivity contribution in [3.8, 4) is 11.5 Å². The van der Waals surface area contributed by atoms with Crippen molar-refractivity contribution in [2.24, 2.45) is 0 Å². The Morgan fingerprint density at radius 2 is 2.10 bits per heavy atom. The fraction of sp³-hybridized carbons (Fsp3) is 0.357. The number of halogens is 1. The Labute approximate surface area is 126 Å². The van der Waals surface area contributed by atoms with Crippen LogP contribution in [0.15, 0.2) is 28.8 Å². The molecule has 6 heteroatoms. The predicted molar refractivity (Wildman–Crippen MR) is 78.0 cm³/mol. The number of ether oxygens (including phenoxy) is 3. The van der Waals surface area contributed by atoms with Crippen molar-refractivity contribution in [1.82, 2.24) is 0 Å². The highest BCUT2D eigenvalue weighted by molar-refractivity contribution is 9.10. The SMILES string of the molecule is C=C(C(=O)OC)C(O)c1cc(Br)c(OC)c(OCC)c1. The number of carbonyl (C=O) groups is 1. The van der Waals surface area contributed by atoms with Crippen LogP contribution in [0.5, 0.6) is 11.5 Å². The zero-order valence-electron chi connectivity index (χ0n) is 11.6. The minimum atomic E-state index is -1.18. The summed E-state index contributed by atoms with van der Waals surface area (Å²) >= 11 is 3.34. The van der Waals surface area contributed by atoms with Crippen molar-refractivity contribution in [2.75, 3.05) is 20.8 Å². The fourth-order valence-electron chi connectivity index (χ4n) is 1.65. The molecule has 0 fully saturated rings. The normalized spacial score (nSPS) is 11.7. The van der Waals surface area contributed by atoms with E-state index in [1.165, 1.54) is 14.2 Å². The van der Waals surface area contributed by atoms with E-state index in [2.05, 4.69) is 27.2 Å². The lowest BCUT2D eigenvalue weighted by Gasteiger charge is -2.17. The van der Waals surface area contributed by atoms with Crippen LogP contribution in [0, 0.1) is 0 Å². The van der Waals surface area contributed by atoms with E-state index in [0.717, 1.165) is 0 Å². The Morgan fingerprint density at radius 1 is 1.45 bits per heavy atom. The Bertz CT molecular complexity index is 513. The van der Waals surface area contributed by atoms with Gasteiger partial charge in [-0.2, -0.15) is 0 Å². The molecule has 0 aliphatic heterocycles. The molecule has 110 valence electrons. The highest BCUT2D eigenvalue weighted by Gasteiger charge is 2.22. The van der Waals surface area contributed by atoms with E-state index in [0.29, 0.717) is 28.1 Å². The van der Waals surface area contributed by atoms with Gasteiger partial charge in [-0.25, -0.2) is 4.79 Å². The van der Waals surface area contributed by atoms with Crippen molar-refractivity contribution in [2.45, 2.75) is 13.0 Å². The summed E-state index contributed by atoms with van der Waals surface area (Å²) in [5, 5.41) is 10.2. The summed E-state index contributed by atoms with van der Waals surface area (Å²) in [6, 6.07) is 3.24. The average molecular weight is 345 g/mol. The smallest absolute Gasteiger partial charge is 0.336 e. The Kier molecular flexibility index (Phi) is 6.04. The van der Waals surface area contributed by atoms with Gasteiger partial charge in [-0.1, -0.05) is 6.58 Å². The molecule has 0 saturated carbocycles. The number of aliphatic hydroxyl groups excluding tert-OH is 1. The van der Waals surface area contributed by atoms with Crippen molar-refractivity contribution in [3.63, 3.8) is 0 Å². The second-order valence-electron chi connectivity index (χ2n) is 3.89. The minimum absolute atomic E-state index is 0.0491. The van der Waals surface area contributed by atoms with Crippen molar-refractivity contribution < 1.29 is 24.1 Å². The number of rotatable bonds is 6. The number of esters is 1. The van der Waals surface area contributed by atoms with Crippen LogP contribution in [-0.4, -0.2) is 31.9 Å². The molecule has 0 aliphatic rings. The minimum Gasteiger partial charge on any atom is -0.492 e. The highest BCUT2D eigenvalue weighted by Crippen LogP contribution is 2.39. The van der Waals surface area contributed by atoms with E-state index in [1.54, 1.807) is 12.1 Å². The molecular formula is C14H17BrO5. The number of aliphatic hydroxyl groups is 1. The van der Waals surface area contributed by atoms with Crippen LogP contribution in [0.4, 0.5) is 0 Å². The molecule has 0 heterocycles. The van der Waals surface area contributed by atoms with Gasteiger partial charge in [-0.05, 0) is 40.5 Å². The van der Waals surface area contributed by atoms with Gasteiger partial charge in [0.15, 0.2) is 11.5 Å². The maximum Gasteiger partial charge on any atom is 0.336 e. The van der Waals surface area contributed by atoms with Gasteiger partial charge in [0.25, 0.3) is 0 Å². The summed E-state index contributed by atoms with van der Waals surface area (Å²) < 4.78 is 15.8. The van der Waals surface area contributed by atoms with Gasteiger partial charge < -0.3 is 19.3 Å². The molecule has 0 aliphatic carbocycles. The van der Waals surface area contributed by atoms with E-state index >= 15 is 0 Å². The number of benzene rings is 1. The van der Waals surface area contributed by atoms with Gasteiger partial charge in [0.05, 0.1) is 30.9 Å². The fourth-order valence-corrected chi connectivity index (χ4v) is 2.27. The summed E-state index contributed by atoms with van der Waals surface area (Å²) in [5.74, 6) is 0.324. The first-order valence-corrected chi connectivity index (χ1v) is 6.70. The van der Waals surface area contributed by atoms with Crippen LogP contribution >= 0.6 is 15.9 Å². The topological polar surface area (TPSA) is 65.0 Å². The van der Waals surface area contributed by atoms with Crippen LogP contribution in [-0.2, 0) is 9.53 Å². The molecule has 0 amide bonds. The molecule has 1 rings (SSSR count). The first-order valence-electron chi connectivity index (χ1n) is 5.91. The molecule has 1 unspecified atom stereocenters. The van der Waals surface area contributed by atoms with Crippen LogP contribution in [0.1, 0.15) is 18.6 Å². The highest BCUT2D eigenvalue weighted by atomic mass is 79.9. The van der Waals surface area contributed by atoms with Gasteiger partial charge in [-0.15, -0.1) is 0 Å². The lowest BCUT2D eigenvalue weighted by molar-refractivity contribution is -0.137. The Hall–Kier alpha value is -1.53. The first-order chi connectivity index (χ1) is 9.46. The monoisotopic (exact) mass is 344 g/mol. The summed E-state index contributed by atoms with van der Waals surface area (Å²) in [6.07, 6.45) is -1.18. The van der Waals surface area contributed by atoms with E-state index in [4.69, 9.17) is 9.47 Å². The third-order valence-corrected chi connectivity index (χ3v) is 3.22. The van der Waals surface area contributed by atoms with Gasteiger partial charge in [0.2, 0.25) is 0 Å². The van der Waals surface area contributed by atoms with E-state index < -0.39 is 12.1 Å². The van der Waals surface area contributed by atoms with Crippen LogP contribution in [0.25, 0.3) is 0 Å². The van der Waals surface area contributed by atoms with Crippen molar-refractivity contribution in [3.05, 3.63) is 34.3 Å². The van der Waals surface area contributed by atoms with Crippen LogP contribution in [0.2, 0.25) is 0 Å².